The molecule has 0 saturated carbocycles. The van der Waals surface area contributed by atoms with Crippen molar-refractivity contribution in [1.82, 2.24) is 17.2 Å². The standard InChI is InChI=1S/C41H54N4O9S4/c1-33-9-17-38(18-10-33)55(47,48)42-25-6-27-44(57(51,52)40-21-13-35(3)14-22-40)32-37(8-5-31-46)45(58(53,54)41-23-15-36(4)16-24-41)28-7-26-43(30-29-42)56(49,50)39-19-11-34(2)12-20-39/h9-24,37,46H,5-8,25-32H2,1-4H3. The van der Waals surface area contributed by atoms with Gasteiger partial charge in [0, 0.05) is 58.5 Å². The molecule has 1 saturated heterocycles. The highest BCUT2D eigenvalue weighted by molar-refractivity contribution is 7.90. The van der Waals surface area contributed by atoms with Gasteiger partial charge in [0.2, 0.25) is 40.1 Å². The minimum Gasteiger partial charge on any atom is -0.396 e. The minimum absolute atomic E-state index is 0.00166. The minimum atomic E-state index is -4.30. The number of benzene rings is 4. The van der Waals surface area contributed by atoms with Crippen molar-refractivity contribution in [1.29, 1.82) is 0 Å². The molecule has 4 aromatic rings. The average Bonchev–Trinajstić information content (AvgIpc) is 3.18. The quantitative estimate of drug-likeness (QED) is 0.220. The van der Waals surface area contributed by atoms with Crippen molar-refractivity contribution in [3.63, 3.8) is 0 Å². The Balaban J connectivity index is 1.63. The summed E-state index contributed by atoms with van der Waals surface area (Å²) in [5, 5.41) is 9.97. The van der Waals surface area contributed by atoms with Crippen LogP contribution in [-0.4, -0.2) is 114 Å². The zero-order valence-corrected chi connectivity index (χ0v) is 36.7. The van der Waals surface area contributed by atoms with E-state index in [4.69, 9.17) is 0 Å². The molecule has 13 nitrogen and oxygen atoms in total. The Hall–Kier alpha value is -3.52. The van der Waals surface area contributed by atoms with E-state index in [1.165, 1.54) is 65.8 Å². The Labute approximate surface area is 345 Å². The highest BCUT2D eigenvalue weighted by atomic mass is 32.2. The molecule has 1 heterocycles. The van der Waals surface area contributed by atoms with Crippen LogP contribution in [-0.2, 0) is 40.1 Å². The lowest BCUT2D eigenvalue weighted by molar-refractivity contribution is 0.212. The Morgan fingerprint density at radius 2 is 0.759 bits per heavy atom. The molecule has 0 amide bonds. The smallest absolute Gasteiger partial charge is 0.243 e. The maximum Gasteiger partial charge on any atom is 0.243 e. The van der Waals surface area contributed by atoms with E-state index in [2.05, 4.69) is 0 Å². The van der Waals surface area contributed by atoms with Gasteiger partial charge in [-0.3, -0.25) is 0 Å². The molecule has 0 aliphatic carbocycles. The first-order valence-electron chi connectivity index (χ1n) is 19.3. The number of nitrogens with zero attached hydrogens (tertiary/aromatic N) is 4. The maximum atomic E-state index is 14.6. The molecule has 1 aliphatic rings. The van der Waals surface area contributed by atoms with E-state index in [0.717, 1.165) is 22.3 Å². The summed E-state index contributed by atoms with van der Waals surface area (Å²) in [6.45, 7) is 5.48. The monoisotopic (exact) mass is 874 g/mol. The van der Waals surface area contributed by atoms with Crippen LogP contribution >= 0.6 is 0 Å². The van der Waals surface area contributed by atoms with Gasteiger partial charge < -0.3 is 5.11 Å². The molecule has 1 unspecified atom stereocenters. The lowest BCUT2D eigenvalue weighted by Crippen LogP contribution is -2.50. The van der Waals surface area contributed by atoms with Crippen molar-refractivity contribution in [2.24, 2.45) is 0 Å². The highest BCUT2D eigenvalue weighted by Crippen LogP contribution is 2.27. The number of sulfonamides is 4. The Morgan fingerprint density at radius 3 is 1.12 bits per heavy atom. The van der Waals surface area contributed by atoms with E-state index in [0.29, 0.717) is 0 Å². The van der Waals surface area contributed by atoms with Gasteiger partial charge in [0.15, 0.2) is 0 Å². The Bertz CT molecular complexity index is 2430. The van der Waals surface area contributed by atoms with Crippen LogP contribution in [0.25, 0.3) is 0 Å². The topological polar surface area (TPSA) is 170 Å². The molecule has 0 aromatic heterocycles. The summed E-state index contributed by atoms with van der Waals surface area (Å²) in [5.41, 5.74) is 3.37. The summed E-state index contributed by atoms with van der Waals surface area (Å²) >= 11 is 0. The lowest BCUT2D eigenvalue weighted by atomic mass is 10.1. The predicted molar refractivity (Wildman–Crippen MR) is 224 cm³/mol. The van der Waals surface area contributed by atoms with Crippen molar-refractivity contribution >= 4 is 40.1 Å². The third-order valence-corrected chi connectivity index (χ3v) is 18.0. The first-order valence-corrected chi connectivity index (χ1v) is 25.0. The fraction of sp³-hybridized carbons (Fsp3) is 0.415. The summed E-state index contributed by atoms with van der Waals surface area (Å²) in [4.78, 5) is 0.00257. The van der Waals surface area contributed by atoms with Crippen LogP contribution in [0.2, 0.25) is 0 Å². The molecule has 316 valence electrons. The first-order chi connectivity index (χ1) is 27.4. The molecule has 1 atom stereocenters. The van der Waals surface area contributed by atoms with Gasteiger partial charge in [-0.15, -0.1) is 0 Å². The molecule has 0 bridgehead atoms. The first kappa shape index (κ1) is 45.6. The van der Waals surface area contributed by atoms with Gasteiger partial charge in [-0.1, -0.05) is 70.8 Å². The largest absolute Gasteiger partial charge is 0.396 e. The van der Waals surface area contributed by atoms with Crippen LogP contribution in [0.1, 0.15) is 47.9 Å². The average molecular weight is 875 g/mol. The summed E-state index contributed by atoms with van der Waals surface area (Å²) in [5.74, 6) is 0. The number of aryl methyl sites for hydroxylation is 4. The molecule has 0 radical (unpaired) electrons. The van der Waals surface area contributed by atoms with Gasteiger partial charge in [-0.25, -0.2) is 33.7 Å². The molecule has 0 spiro atoms. The van der Waals surface area contributed by atoms with Crippen molar-refractivity contribution in [3.8, 4) is 0 Å². The zero-order chi connectivity index (χ0) is 42.3. The molecule has 1 N–H and O–H groups in total. The van der Waals surface area contributed by atoms with E-state index in [1.54, 1.807) is 48.5 Å². The summed E-state index contributed by atoms with van der Waals surface area (Å²) < 4.78 is 120. The third kappa shape index (κ3) is 10.8. The fourth-order valence-corrected chi connectivity index (χ4v) is 13.0. The van der Waals surface area contributed by atoms with Crippen molar-refractivity contribution in [3.05, 3.63) is 119 Å². The highest BCUT2D eigenvalue weighted by Gasteiger charge is 2.37. The van der Waals surface area contributed by atoms with Gasteiger partial charge >= 0.3 is 0 Å². The van der Waals surface area contributed by atoms with Crippen LogP contribution in [0, 0.1) is 27.7 Å². The van der Waals surface area contributed by atoms with Crippen LogP contribution in [0.4, 0.5) is 0 Å². The molecule has 4 aromatic carbocycles. The predicted octanol–water partition coefficient (Wildman–Crippen LogP) is 4.92. The number of aliphatic hydroxyl groups is 1. The van der Waals surface area contributed by atoms with E-state index < -0.39 is 46.1 Å². The molecule has 5 rings (SSSR count). The SMILES string of the molecule is Cc1ccc(S(=O)(=O)N2CCCN(S(=O)(=O)c3ccc(C)cc3)CC(CCCO)N(S(=O)(=O)c3ccc(C)cc3)CCCN(S(=O)(=O)c3ccc(C)cc3)CC2)cc1. The molecule has 58 heavy (non-hydrogen) atoms. The Kier molecular flexibility index (Phi) is 15.1. The van der Waals surface area contributed by atoms with Crippen molar-refractivity contribution in [2.45, 2.75) is 79.0 Å². The Morgan fingerprint density at radius 1 is 0.448 bits per heavy atom. The van der Waals surface area contributed by atoms with Crippen LogP contribution in [0.5, 0.6) is 0 Å². The van der Waals surface area contributed by atoms with E-state index in [9.17, 15) is 38.8 Å². The third-order valence-electron chi connectivity index (χ3n) is 10.3. The van der Waals surface area contributed by atoms with Gasteiger partial charge in [-0.2, -0.15) is 17.2 Å². The summed E-state index contributed by atoms with van der Waals surface area (Å²) in [6, 6.07) is 24.2. The second-order valence-electron chi connectivity index (χ2n) is 14.8. The van der Waals surface area contributed by atoms with Gasteiger partial charge in [0.05, 0.1) is 19.6 Å². The molecular formula is C41H54N4O9S4. The van der Waals surface area contributed by atoms with E-state index in [-0.39, 0.29) is 97.7 Å². The zero-order valence-electron chi connectivity index (χ0n) is 33.4. The number of aliphatic hydroxyl groups excluding tert-OH is 1. The molecular weight excluding hydrogens is 821 g/mol. The molecule has 1 fully saturated rings. The van der Waals surface area contributed by atoms with Crippen LogP contribution in [0.3, 0.4) is 0 Å². The van der Waals surface area contributed by atoms with Crippen molar-refractivity contribution < 1.29 is 38.8 Å². The van der Waals surface area contributed by atoms with Gasteiger partial charge in [0.1, 0.15) is 0 Å². The van der Waals surface area contributed by atoms with Gasteiger partial charge in [-0.05, 0) is 102 Å². The van der Waals surface area contributed by atoms with E-state index >= 15 is 0 Å². The normalized spacial score (nSPS) is 18.5. The maximum absolute atomic E-state index is 14.6. The number of rotatable bonds is 11. The fourth-order valence-electron chi connectivity index (χ4n) is 6.87. The van der Waals surface area contributed by atoms with Crippen molar-refractivity contribution in [2.75, 3.05) is 52.4 Å². The second kappa shape index (κ2) is 19.2. The molecule has 17 heteroatoms. The second-order valence-corrected chi connectivity index (χ2v) is 22.5. The van der Waals surface area contributed by atoms with Crippen LogP contribution in [0.15, 0.2) is 117 Å². The van der Waals surface area contributed by atoms with Crippen LogP contribution < -0.4 is 0 Å². The number of hydrogen-bond acceptors (Lipinski definition) is 9. The number of hydrogen-bond donors (Lipinski definition) is 1. The summed E-state index contributed by atoms with van der Waals surface area (Å²) in [7, 11) is -16.9. The lowest BCUT2D eigenvalue weighted by Gasteiger charge is -2.36. The molecule has 1 aliphatic heterocycles. The van der Waals surface area contributed by atoms with Gasteiger partial charge in [0.25, 0.3) is 0 Å². The van der Waals surface area contributed by atoms with E-state index in [1.807, 2.05) is 27.7 Å². The summed E-state index contributed by atoms with van der Waals surface area (Å²) in [6.07, 6.45) is 0.222.